The summed E-state index contributed by atoms with van der Waals surface area (Å²) in [6, 6.07) is 0.551. The van der Waals surface area contributed by atoms with Crippen molar-refractivity contribution in [2.24, 2.45) is 5.92 Å². The van der Waals surface area contributed by atoms with Crippen molar-refractivity contribution in [3.63, 3.8) is 0 Å². The van der Waals surface area contributed by atoms with E-state index in [0.717, 1.165) is 19.4 Å². The number of hydrogen-bond acceptors (Lipinski definition) is 3. The van der Waals surface area contributed by atoms with E-state index in [1.54, 1.807) is 0 Å². The lowest BCUT2D eigenvalue weighted by molar-refractivity contribution is -0.150. The van der Waals surface area contributed by atoms with Crippen LogP contribution >= 0.6 is 0 Å². The summed E-state index contributed by atoms with van der Waals surface area (Å²) >= 11 is 0. The molecule has 0 saturated heterocycles. The van der Waals surface area contributed by atoms with E-state index in [1.165, 1.54) is 25.7 Å². The van der Waals surface area contributed by atoms with Crippen molar-refractivity contribution in [1.29, 1.82) is 0 Å². The van der Waals surface area contributed by atoms with Gasteiger partial charge in [-0.2, -0.15) is 0 Å². The number of rotatable bonds is 8. The SMILES string of the molecule is CCOC(=O)C(CC)N(CCC(C)C)C1CCCC1. The van der Waals surface area contributed by atoms with E-state index >= 15 is 0 Å². The summed E-state index contributed by atoms with van der Waals surface area (Å²) < 4.78 is 5.26. The first-order chi connectivity index (χ1) is 9.10. The third-order valence-corrected chi connectivity index (χ3v) is 4.10. The highest BCUT2D eigenvalue weighted by molar-refractivity contribution is 5.75. The van der Waals surface area contributed by atoms with Gasteiger partial charge in [0, 0.05) is 6.04 Å². The number of esters is 1. The Kier molecular flexibility index (Phi) is 7.44. The standard InChI is InChI=1S/C16H31NO2/c1-5-15(16(18)19-6-2)17(12-11-13(3)4)14-9-7-8-10-14/h13-15H,5-12H2,1-4H3. The first-order valence-corrected chi connectivity index (χ1v) is 8.02. The van der Waals surface area contributed by atoms with Crippen LogP contribution in [0.4, 0.5) is 0 Å². The summed E-state index contributed by atoms with van der Waals surface area (Å²) in [5.74, 6) is 0.657. The average molecular weight is 269 g/mol. The van der Waals surface area contributed by atoms with Crippen LogP contribution in [0.25, 0.3) is 0 Å². The van der Waals surface area contributed by atoms with Crippen LogP contribution in [0.5, 0.6) is 0 Å². The van der Waals surface area contributed by atoms with Gasteiger partial charge in [0.1, 0.15) is 6.04 Å². The summed E-state index contributed by atoms with van der Waals surface area (Å²) in [7, 11) is 0. The first-order valence-electron chi connectivity index (χ1n) is 8.02. The van der Waals surface area contributed by atoms with Crippen LogP contribution in [0.1, 0.15) is 66.2 Å². The fourth-order valence-corrected chi connectivity index (χ4v) is 3.01. The second-order valence-corrected chi connectivity index (χ2v) is 6.03. The minimum Gasteiger partial charge on any atom is -0.465 e. The van der Waals surface area contributed by atoms with Crippen molar-refractivity contribution in [3.05, 3.63) is 0 Å². The molecule has 1 fully saturated rings. The summed E-state index contributed by atoms with van der Waals surface area (Å²) in [5, 5.41) is 0. The molecule has 0 aliphatic heterocycles. The molecule has 1 saturated carbocycles. The van der Waals surface area contributed by atoms with E-state index in [0.29, 0.717) is 18.6 Å². The van der Waals surface area contributed by atoms with E-state index in [2.05, 4.69) is 25.7 Å². The summed E-state index contributed by atoms with van der Waals surface area (Å²) in [6.45, 7) is 9.99. The Morgan fingerprint density at radius 2 is 1.89 bits per heavy atom. The molecule has 1 unspecified atom stereocenters. The maximum Gasteiger partial charge on any atom is 0.323 e. The lowest BCUT2D eigenvalue weighted by Crippen LogP contribution is -2.47. The van der Waals surface area contributed by atoms with Crippen LogP contribution < -0.4 is 0 Å². The molecule has 112 valence electrons. The fourth-order valence-electron chi connectivity index (χ4n) is 3.01. The molecule has 0 aromatic carbocycles. The third kappa shape index (κ3) is 5.13. The molecular weight excluding hydrogens is 238 g/mol. The number of ether oxygens (including phenoxy) is 1. The number of carbonyl (C=O) groups excluding carboxylic acids is 1. The minimum atomic E-state index is -0.0400. The van der Waals surface area contributed by atoms with Crippen molar-refractivity contribution in [1.82, 2.24) is 4.90 Å². The van der Waals surface area contributed by atoms with E-state index in [-0.39, 0.29) is 12.0 Å². The Hall–Kier alpha value is -0.570. The van der Waals surface area contributed by atoms with Crippen molar-refractivity contribution >= 4 is 5.97 Å². The van der Waals surface area contributed by atoms with Crippen LogP contribution in [-0.2, 0) is 9.53 Å². The van der Waals surface area contributed by atoms with Gasteiger partial charge in [0.2, 0.25) is 0 Å². The van der Waals surface area contributed by atoms with Crippen molar-refractivity contribution in [2.45, 2.75) is 78.3 Å². The van der Waals surface area contributed by atoms with Crippen LogP contribution in [0, 0.1) is 5.92 Å². The lowest BCUT2D eigenvalue weighted by Gasteiger charge is -2.35. The van der Waals surface area contributed by atoms with Gasteiger partial charge in [0.15, 0.2) is 0 Å². The number of nitrogens with zero attached hydrogens (tertiary/aromatic N) is 1. The molecule has 0 spiro atoms. The van der Waals surface area contributed by atoms with Gasteiger partial charge < -0.3 is 4.74 Å². The maximum atomic E-state index is 12.2. The van der Waals surface area contributed by atoms with Gasteiger partial charge in [0.05, 0.1) is 6.61 Å². The molecule has 19 heavy (non-hydrogen) atoms. The normalized spacial score (nSPS) is 18.2. The summed E-state index contributed by atoms with van der Waals surface area (Å²) in [4.78, 5) is 14.6. The Bertz CT molecular complexity index is 259. The van der Waals surface area contributed by atoms with Crippen LogP contribution in [0.2, 0.25) is 0 Å². The van der Waals surface area contributed by atoms with Crippen molar-refractivity contribution < 1.29 is 9.53 Å². The molecule has 0 radical (unpaired) electrons. The lowest BCUT2D eigenvalue weighted by atomic mass is 10.0. The molecule has 1 rings (SSSR count). The largest absolute Gasteiger partial charge is 0.465 e. The molecule has 1 atom stereocenters. The molecule has 3 nitrogen and oxygen atoms in total. The maximum absolute atomic E-state index is 12.2. The molecule has 0 heterocycles. The Morgan fingerprint density at radius 3 is 2.37 bits per heavy atom. The first kappa shape index (κ1) is 16.5. The molecular formula is C16H31NO2. The van der Waals surface area contributed by atoms with Crippen molar-refractivity contribution in [3.8, 4) is 0 Å². The van der Waals surface area contributed by atoms with Crippen LogP contribution in [0.3, 0.4) is 0 Å². The fraction of sp³-hybridized carbons (Fsp3) is 0.938. The highest BCUT2D eigenvalue weighted by Crippen LogP contribution is 2.27. The number of carbonyl (C=O) groups is 1. The van der Waals surface area contributed by atoms with Gasteiger partial charge >= 0.3 is 5.97 Å². The van der Waals surface area contributed by atoms with E-state index in [1.807, 2.05) is 6.92 Å². The summed E-state index contributed by atoms with van der Waals surface area (Å²) in [6.07, 6.45) is 7.12. The topological polar surface area (TPSA) is 29.5 Å². The van der Waals surface area contributed by atoms with Gasteiger partial charge in [-0.25, -0.2) is 0 Å². The van der Waals surface area contributed by atoms with Gasteiger partial charge in [0.25, 0.3) is 0 Å². The Labute approximate surface area is 118 Å². The van der Waals surface area contributed by atoms with Crippen LogP contribution in [-0.4, -0.2) is 36.1 Å². The van der Waals surface area contributed by atoms with Gasteiger partial charge in [-0.3, -0.25) is 9.69 Å². The van der Waals surface area contributed by atoms with Crippen LogP contribution in [0.15, 0.2) is 0 Å². The molecule has 3 heteroatoms. The zero-order chi connectivity index (χ0) is 14.3. The van der Waals surface area contributed by atoms with E-state index < -0.39 is 0 Å². The highest BCUT2D eigenvalue weighted by atomic mass is 16.5. The molecule has 0 bridgehead atoms. The predicted octanol–water partition coefficient (Wildman–Crippen LogP) is 3.62. The quantitative estimate of drug-likeness (QED) is 0.630. The second kappa shape index (κ2) is 8.57. The predicted molar refractivity (Wildman–Crippen MR) is 79.1 cm³/mol. The van der Waals surface area contributed by atoms with E-state index in [4.69, 9.17) is 4.74 Å². The minimum absolute atomic E-state index is 0.0272. The second-order valence-electron chi connectivity index (χ2n) is 6.03. The highest BCUT2D eigenvalue weighted by Gasteiger charge is 2.32. The van der Waals surface area contributed by atoms with Gasteiger partial charge in [-0.15, -0.1) is 0 Å². The molecule has 0 amide bonds. The Balaban J connectivity index is 2.70. The molecule has 0 aromatic heterocycles. The zero-order valence-corrected chi connectivity index (χ0v) is 13.2. The molecule has 0 N–H and O–H groups in total. The monoisotopic (exact) mass is 269 g/mol. The average Bonchev–Trinajstić information content (AvgIpc) is 2.87. The van der Waals surface area contributed by atoms with E-state index in [9.17, 15) is 4.79 Å². The smallest absolute Gasteiger partial charge is 0.323 e. The molecule has 0 aromatic rings. The van der Waals surface area contributed by atoms with Crippen molar-refractivity contribution in [2.75, 3.05) is 13.2 Å². The molecule has 1 aliphatic carbocycles. The summed E-state index contributed by atoms with van der Waals surface area (Å²) in [5.41, 5.74) is 0. The Morgan fingerprint density at radius 1 is 1.26 bits per heavy atom. The number of hydrogen-bond donors (Lipinski definition) is 0. The third-order valence-electron chi connectivity index (χ3n) is 4.10. The van der Waals surface area contributed by atoms with Gasteiger partial charge in [-0.05, 0) is 45.1 Å². The molecule has 1 aliphatic rings. The zero-order valence-electron chi connectivity index (χ0n) is 13.2. The van der Waals surface area contributed by atoms with Gasteiger partial charge in [-0.1, -0.05) is 33.6 Å².